The summed E-state index contributed by atoms with van der Waals surface area (Å²) in [6.07, 6.45) is 3.38. The van der Waals surface area contributed by atoms with Crippen molar-refractivity contribution in [3.8, 4) is 22.6 Å². The SMILES string of the molecule is Cc1cc(-c2ccc(Cl)cc2)cnc1NC(=O)C1(c2ccc3c(c2)OCO3)CC1. The van der Waals surface area contributed by atoms with E-state index in [1.54, 1.807) is 6.20 Å². The zero-order chi connectivity index (χ0) is 20.0. The molecule has 2 aromatic carbocycles. The minimum atomic E-state index is -0.524. The van der Waals surface area contributed by atoms with Crippen LogP contribution in [0.25, 0.3) is 11.1 Å². The highest BCUT2D eigenvalue weighted by Gasteiger charge is 2.51. The molecule has 1 amide bonds. The molecule has 0 spiro atoms. The van der Waals surface area contributed by atoms with Crippen molar-refractivity contribution in [2.45, 2.75) is 25.2 Å². The van der Waals surface area contributed by atoms with E-state index in [0.717, 1.165) is 40.8 Å². The largest absolute Gasteiger partial charge is 0.454 e. The van der Waals surface area contributed by atoms with Gasteiger partial charge in [0.2, 0.25) is 12.7 Å². The van der Waals surface area contributed by atoms with Crippen molar-refractivity contribution >= 4 is 23.3 Å². The van der Waals surface area contributed by atoms with Crippen LogP contribution in [-0.4, -0.2) is 17.7 Å². The molecule has 2 aliphatic rings. The number of halogens is 1. The van der Waals surface area contributed by atoms with Crippen molar-refractivity contribution in [2.75, 3.05) is 12.1 Å². The summed E-state index contributed by atoms with van der Waals surface area (Å²) in [5.74, 6) is 1.97. The van der Waals surface area contributed by atoms with Gasteiger partial charge in [0.05, 0.1) is 5.41 Å². The highest BCUT2D eigenvalue weighted by Crippen LogP contribution is 2.51. The first kappa shape index (κ1) is 18.0. The minimum absolute atomic E-state index is 0.0359. The molecule has 0 saturated heterocycles. The third-order valence-corrected chi connectivity index (χ3v) is 5.85. The number of hydrogen-bond donors (Lipinski definition) is 1. The van der Waals surface area contributed by atoms with Crippen LogP contribution in [0.15, 0.2) is 54.7 Å². The molecule has 5 nitrogen and oxygen atoms in total. The number of pyridine rings is 1. The number of fused-ring (bicyclic) bond motifs is 1. The van der Waals surface area contributed by atoms with Crippen LogP contribution in [0.4, 0.5) is 5.82 Å². The molecular weight excluding hydrogens is 388 g/mol. The number of nitrogens with zero attached hydrogens (tertiary/aromatic N) is 1. The fraction of sp³-hybridized carbons (Fsp3) is 0.217. The van der Waals surface area contributed by atoms with Crippen LogP contribution in [0.5, 0.6) is 11.5 Å². The number of carbonyl (C=O) groups is 1. The molecule has 6 heteroatoms. The first-order chi connectivity index (χ1) is 14.0. The van der Waals surface area contributed by atoms with Gasteiger partial charge in [-0.05, 0) is 66.8 Å². The molecule has 0 atom stereocenters. The Hall–Kier alpha value is -3.05. The predicted molar refractivity (Wildman–Crippen MR) is 112 cm³/mol. The van der Waals surface area contributed by atoms with E-state index in [4.69, 9.17) is 21.1 Å². The van der Waals surface area contributed by atoms with Crippen LogP contribution in [0, 0.1) is 6.92 Å². The number of carbonyl (C=O) groups excluding carboxylic acids is 1. The normalized spacial score (nSPS) is 15.8. The van der Waals surface area contributed by atoms with Crippen LogP contribution in [-0.2, 0) is 10.2 Å². The Morgan fingerprint density at radius 3 is 2.52 bits per heavy atom. The second-order valence-corrected chi connectivity index (χ2v) is 7.94. The highest BCUT2D eigenvalue weighted by molar-refractivity contribution is 6.30. The predicted octanol–water partition coefficient (Wildman–Crippen LogP) is 5.11. The van der Waals surface area contributed by atoms with Crippen LogP contribution >= 0.6 is 11.6 Å². The van der Waals surface area contributed by atoms with Gasteiger partial charge in [0.25, 0.3) is 0 Å². The summed E-state index contributed by atoms with van der Waals surface area (Å²) in [7, 11) is 0. The molecule has 146 valence electrons. The first-order valence-corrected chi connectivity index (χ1v) is 9.87. The Morgan fingerprint density at radius 2 is 1.79 bits per heavy atom. The van der Waals surface area contributed by atoms with E-state index in [2.05, 4.69) is 10.3 Å². The fourth-order valence-corrected chi connectivity index (χ4v) is 3.83. The smallest absolute Gasteiger partial charge is 0.236 e. The van der Waals surface area contributed by atoms with Crippen molar-refractivity contribution in [1.82, 2.24) is 4.98 Å². The quantitative estimate of drug-likeness (QED) is 0.654. The molecule has 29 heavy (non-hydrogen) atoms. The lowest BCUT2D eigenvalue weighted by atomic mass is 9.94. The number of anilines is 1. The summed E-state index contributed by atoms with van der Waals surface area (Å²) in [6.45, 7) is 2.17. The second kappa shape index (κ2) is 6.78. The van der Waals surface area contributed by atoms with Gasteiger partial charge in [-0.25, -0.2) is 4.98 Å². The first-order valence-electron chi connectivity index (χ1n) is 9.49. The number of amides is 1. The molecule has 1 N–H and O–H groups in total. The monoisotopic (exact) mass is 406 g/mol. The maximum atomic E-state index is 13.1. The Morgan fingerprint density at radius 1 is 1.03 bits per heavy atom. The van der Waals surface area contributed by atoms with Crippen LogP contribution < -0.4 is 14.8 Å². The van der Waals surface area contributed by atoms with Crippen LogP contribution in [0.2, 0.25) is 5.02 Å². The summed E-state index contributed by atoms with van der Waals surface area (Å²) < 4.78 is 10.8. The number of nitrogens with one attached hydrogen (secondary N) is 1. The third-order valence-electron chi connectivity index (χ3n) is 5.60. The van der Waals surface area contributed by atoms with E-state index in [-0.39, 0.29) is 12.7 Å². The number of aryl methyl sites for hydroxylation is 1. The summed E-state index contributed by atoms with van der Waals surface area (Å²) in [6, 6.07) is 15.4. The van der Waals surface area contributed by atoms with Gasteiger partial charge < -0.3 is 14.8 Å². The van der Waals surface area contributed by atoms with Gasteiger partial charge in [0.15, 0.2) is 11.5 Å². The zero-order valence-corrected chi connectivity index (χ0v) is 16.6. The highest BCUT2D eigenvalue weighted by atomic mass is 35.5. The van der Waals surface area contributed by atoms with Gasteiger partial charge in [-0.1, -0.05) is 29.8 Å². The molecule has 2 heterocycles. The van der Waals surface area contributed by atoms with E-state index in [1.165, 1.54) is 0 Å². The molecule has 0 unspecified atom stereocenters. The van der Waals surface area contributed by atoms with E-state index in [0.29, 0.717) is 16.6 Å². The van der Waals surface area contributed by atoms with Gasteiger partial charge in [-0.2, -0.15) is 0 Å². The summed E-state index contributed by atoms with van der Waals surface area (Å²) >= 11 is 5.97. The molecule has 1 saturated carbocycles. The number of benzene rings is 2. The lowest BCUT2D eigenvalue weighted by molar-refractivity contribution is -0.118. The number of rotatable bonds is 4. The van der Waals surface area contributed by atoms with Gasteiger partial charge in [-0.15, -0.1) is 0 Å². The van der Waals surface area contributed by atoms with Crippen LogP contribution in [0.3, 0.4) is 0 Å². The lowest BCUT2D eigenvalue weighted by Crippen LogP contribution is -2.28. The molecular formula is C23H19ClN2O3. The molecule has 1 aliphatic carbocycles. The molecule has 0 radical (unpaired) electrons. The molecule has 3 aromatic rings. The van der Waals surface area contributed by atoms with Crippen molar-refractivity contribution < 1.29 is 14.3 Å². The van der Waals surface area contributed by atoms with Crippen molar-refractivity contribution in [1.29, 1.82) is 0 Å². The summed E-state index contributed by atoms with van der Waals surface area (Å²) in [4.78, 5) is 17.6. The Bertz CT molecular complexity index is 1110. The summed E-state index contributed by atoms with van der Waals surface area (Å²) in [5.41, 5.74) is 3.35. The molecule has 5 rings (SSSR count). The molecule has 1 fully saturated rings. The van der Waals surface area contributed by atoms with Gasteiger partial charge in [0.1, 0.15) is 5.82 Å². The number of hydrogen-bond acceptors (Lipinski definition) is 4. The maximum Gasteiger partial charge on any atom is 0.236 e. The van der Waals surface area contributed by atoms with E-state index in [1.807, 2.05) is 55.5 Å². The Balaban J connectivity index is 1.37. The summed E-state index contributed by atoms with van der Waals surface area (Å²) in [5, 5.41) is 3.72. The second-order valence-electron chi connectivity index (χ2n) is 7.50. The molecule has 1 aromatic heterocycles. The van der Waals surface area contributed by atoms with Crippen molar-refractivity contribution in [3.63, 3.8) is 0 Å². The fourth-order valence-electron chi connectivity index (χ4n) is 3.70. The topological polar surface area (TPSA) is 60.5 Å². The van der Waals surface area contributed by atoms with Crippen molar-refractivity contribution in [3.05, 3.63) is 70.9 Å². The third kappa shape index (κ3) is 3.21. The Labute approximate surface area is 173 Å². The maximum absolute atomic E-state index is 13.1. The standard InChI is InChI=1S/C23H19ClN2O3/c1-14-10-16(15-2-5-18(24)6-3-15)12-25-21(14)26-22(27)23(8-9-23)17-4-7-19-20(11-17)29-13-28-19/h2-7,10-12H,8-9,13H2,1H3,(H,25,26,27). The Kier molecular flexibility index (Phi) is 4.21. The molecule has 0 bridgehead atoms. The number of ether oxygens (including phenoxy) is 2. The minimum Gasteiger partial charge on any atom is -0.454 e. The van der Waals surface area contributed by atoms with E-state index < -0.39 is 5.41 Å². The zero-order valence-electron chi connectivity index (χ0n) is 15.9. The lowest BCUT2D eigenvalue weighted by Gasteiger charge is -2.17. The molecule has 1 aliphatic heterocycles. The number of aromatic nitrogens is 1. The average molecular weight is 407 g/mol. The van der Waals surface area contributed by atoms with Crippen molar-refractivity contribution in [2.24, 2.45) is 0 Å². The average Bonchev–Trinajstić information content (AvgIpc) is 3.41. The van der Waals surface area contributed by atoms with Gasteiger partial charge in [0, 0.05) is 16.8 Å². The van der Waals surface area contributed by atoms with Gasteiger partial charge >= 0.3 is 0 Å². The van der Waals surface area contributed by atoms with E-state index in [9.17, 15) is 4.79 Å². The van der Waals surface area contributed by atoms with Gasteiger partial charge in [-0.3, -0.25) is 4.79 Å². The van der Waals surface area contributed by atoms with Crippen LogP contribution in [0.1, 0.15) is 24.0 Å². The van der Waals surface area contributed by atoms with E-state index >= 15 is 0 Å².